The summed E-state index contributed by atoms with van der Waals surface area (Å²) in [5, 5.41) is 21.7. The maximum Gasteiger partial charge on any atom is 0.505 e. The first kappa shape index (κ1) is 11.5. The molecule has 0 radical (unpaired) electrons. The summed E-state index contributed by atoms with van der Waals surface area (Å²) in [7, 11) is -1.51. The van der Waals surface area contributed by atoms with E-state index in [1.54, 1.807) is 6.07 Å². The Labute approximate surface area is 114 Å². The van der Waals surface area contributed by atoms with Crippen molar-refractivity contribution in [2.24, 2.45) is 0 Å². The Hall–Kier alpha value is -2.37. The molecule has 0 spiro atoms. The van der Waals surface area contributed by atoms with E-state index in [-0.39, 0.29) is 0 Å². The van der Waals surface area contributed by atoms with Gasteiger partial charge in [-0.15, -0.1) is 0 Å². The number of fused-ring (bicyclic) bond motifs is 5. The molecule has 0 fully saturated rings. The normalized spacial score (nSPS) is 11.5. The van der Waals surface area contributed by atoms with Crippen LogP contribution in [-0.4, -0.2) is 27.1 Å². The highest BCUT2D eigenvalue weighted by Crippen LogP contribution is 2.30. The molecular weight excluding hydrogens is 251 g/mol. The van der Waals surface area contributed by atoms with Crippen molar-refractivity contribution in [2.45, 2.75) is 0 Å². The maximum atomic E-state index is 9.33. The number of rotatable bonds is 1. The van der Waals surface area contributed by atoms with Gasteiger partial charge in [0.2, 0.25) is 0 Å². The van der Waals surface area contributed by atoms with Crippen LogP contribution in [0.2, 0.25) is 0 Å². The number of nitrogens with zero attached hydrogens (tertiary/aromatic N) is 1. The Morgan fingerprint density at radius 1 is 0.900 bits per heavy atom. The minimum atomic E-state index is -1.51. The molecule has 20 heavy (non-hydrogen) atoms. The van der Waals surface area contributed by atoms with Gasteiger partial charge in [0.05, 0.1) is 16.6 Å². The van der Waals surface area contributed by atoms with Crippen LogP contribution in [0.3, 0.4) is 0 Å². The van der Waals surface area contributed by atoms with Crippen LogP contribution in [0.5, 0.6) is 0 Å². The number of hydrogen-bond donors (Lipinski definition) is 3. The molecule has 0 unspecified atom stereocenters. The van der Waals surface area contributed by atoms with Crippen LogP contribution in [0, 0.1) is 0 Å². The van der Waals surface area contributed by atoms with Gasteiger partial charge in [-0.2, -0.15) is 0 Å². The van der Waals surface area contributed by atoms with Gasteiger partial charge < -0.3 is 15.0 Å². The SMILES string of the molecule is OB(O)c1ccc2ccc3nc4ccccc4c3c2[nH]1. The number of aromatic nitrogens is 2. The summed E-state index contributed by atoms with van der Waals surface area (Å²) < 4.78 is 0. The Morgan fingerprint density at radius 3 is 2.55 bits per heavy atom. The van der Waals surface area contributed by atoms with E-state index in [1.165, 1.54) is 0 Å². The molecule has 0 saturated carbocycles. The molecule has 2 aromatic carbocycles. The largest absolute Gasteiger partial charge is 0.505 e. The fourth-order valence-corrected chi connectivity index (χ4v) is 2.68. The molecule has 0 bridgehead atoms. The predicted molar refractivity (Wildman–Crippen MR) is 80.9 cm³/mol. The highest BCUT2D eigenvalue weighted by atomic mass is 16.4. The lowest BCUT2D eigenvalue weighted by Gasteiger charge is -2.05. The first-order chi connectivity index (χ1) is 9.74. The molecule has 0 aliphatic heterocycles. The zero-order chi connectivity index (χ0) is 13.7. The van der Waals surface area contributed by atoms with Gasteiger partial charge in [-0.1, -0.05) is 30.3 Å². The molecule has 0 saturated heterocycles. The van der Waals surface area contributed by atoms with E-state index in [0.29, 0.717) is 5.59 Å². The van der Waals surface area contributed by atoms with Gasteiger partial charge in [-0.25, -0.2) is 4.98 Å². The number of para-hydroxylation sites is 1. The number of nitrogens with one attached hydrogen (secondary N) is 1. The third-order valence-electron chi connectivity index (χ3n) is 3.62. The summed E-state index contributed by atoms with van der Waals surface area (Å²) in [5.74, 6) is 0. The lowest BCUT2D eigenvalue weighted by molar-refractivity contribution is 0.424. The van der Waals surface area contributed by atoms with Crippen molar-refractivity contribution < 1.29 is 10.0 Å². The fraction of sp³-hybridized carbons (Fsp3) is 0. The van der Waals surface area contributed by atoms with E-state index < -0.39 is 7.12 Å². The van der Waals surface area contributed by atoms with Gasteiger partial charge in [-0.3, -0.25) is 0 Å². The summed E-state index contributed by atoms with van der Waals surface area (Å²) in [6.07, 6.45) is 0. The number of aromatic amines is 1. The minimum absolute atomic E-state index is 0.371. The zero-order valence-electron chi connectivity index (χ0n) is 10.5. The second-order valence-electron chi connectivity index (χ2n) is 4.84. The van der Waals surface area contributed by atoms with E-state index >= 15 is 0 Å². The van der Waals surface area contributed by atoms with Gasteiger partial charge in [0.1, 0.15) is 0 Å². The molecule has 0 amide bonds. The van der Waals surface area contributed by atoms with Crippen molar-refractivity contribution >= 4 is 45.4 Å². The van der Waals surface area contributed by atoms with E-state index in [4.69, 9.17) is 0 Å². The molecule has 0 atom stereocenters. The maximum absolute atomic E-state index is 9.33. The number of H-pyrrole nitrogens is 1. The first-order valence-electron chi connectivity index (χ1n) is 6.40. The quantitative estimate of drug-likeness (QED) is 0.456. The van der Waals surface area contributed by atoms with Gasteiger partial charge >= 0.3 is 7.12 Å². The topological polar surface area (TPSA) is 69.1 Å². The van der Waals surface area contributed by atoms with Crippen LogP contribution >= 0.6 is 0 Å². The molecule has 3 N–H and O–H groups in total. The second kappa shape index (κ2) is 4.06. The highest BCUT2D eigenvalue weighted by Gasteiger charge is 2.14. The van der Waals surface area contributed by atoms with Crippen molar-refractivity contribution in [3.63, 3.8) is 0 Å². The fourth-order valence-electron chi connectivity index (χ4n) is 2.68. The molecule has 4 rings (SSSR count). The van der Waals surface area contributed by atoms with Gasteiger partial charge in [0.15, 0.2) is 0 Å². The van der Waals surface area contributed by atoms with E-state index in [2.05, 4.69) is 9.97 Å². The van der Waals surface area contributed by atoms with Crippen molar-refractivity contribution in [2.75, 3.05) is 0 Å². The highest BCUT2D eigenvalue weighted by molar-refractivity contribution is 6.57. The third-order valence-corrected chi connectivity index (χ3v) is 3.62. The minimum Gasteiger partial charge on any atom is -0.422 e. The second-order valence-corrected chi connectivity index (χ2v) is 4.84. The molecule has 4 aromatic rings. The van der Waals surface area contributed by atoms with Crippen molar-refractivity contribution in [3.05, 3.63) is 48.5 Å². The van der Waals surface area contributed by atoms with E-state index in [1.807, 2.05) is 42.5 Å². The van der Waals surface area contributed by atoms with E-state index in [9.17, 15) is 10.0 Å². The average Bonchev–Trinajstić information content (AvgIpc) is 2.85. The molecule has 96 valence electrons. The van der Waals surface area contributed by atoms with Gasteiger partial charge in [0.25, 0.3) is 0 Å². The molecule has 5 heteroatoms. The van der Waals surface area contributed by atoms with Crippen LogP contribution in [-0.2, 0) is 0 Å². The summed E-state index contributed by atoms with van der Waals surface area (Å²) >= 11 is 0. The molecule has 0 aliphatic rings. The molecule has 4 nitrogen and oxygen atoms in total. The lowest BCUT2D eigenvalue weighted by Crippen LogP contribution is -2.32. The summed E-state index contributed by atoms with van der Waals surface area (Å²) in [6, 6.07) is 15.5. The number of pyridine rings is 1. The summed E-state index contributed by atoms with van der Waals surface area (Å²) in [4.78, 5) is 7.70. The molecule has 0 aliphatic carbocycles. The molecule has 2 heterocycles. The third kappa shape index (κ3) is 1.54. The van der Waals surface area contributed by atoms with Crippen LogP contribution in [0.4, 0.5) is 0 Å². The Bertz CT molecular complexity index is 946. The van der Waals surface area contributed by atoms with Crippen LogP contribution < -0.4 is 5.59 Å². The number of benzene rings is 2. The summed E-state index contributed by atoms with van der Waals surface area (Å²) in [6.45, 7) is 0. The van der Waals surface area contributed by atoms with Crippen LogP contribution in [0.15, 0.2) is 48.5 Å². The predicted octanol–water partition coefficient (Wildman–Crippen LogP) is 1.55. The number of hydrogen-bond acceptors (Lipinski definition) is 3. The molecular formula is C15H11BN2O2. The zero-order valence-corrected chi connectivity index (χ0v) is 10.5. The van der Waals surface area contributed by atoms with Gasteiger partial charge in [0, 0.05) is 16.4 Å². The van der Waals surface area contributed by atoms with E-state index in [0.717, 1.165) is 32.7 Å². The molecule has 2 aromatic heterocycles. The smallest absolute Gasteiger partial charge is 0.422 e. The summed E-state index contributed by atoms with van der Waals surface area (Å²) in [5.41, 5.74) is 3.09. The van der Waals surface area contributed by atoms with Crippen LogP contribution in [0.1, 0.15) is 0 Å². The monoisotopic (exact) mass is 262 g/mol. The van der Waals surface area contributed by atoms with Gasteiger partial charge in [-0.05, 0) is 23.6 Å². The average molecular weight is 262 g/mol. The first-order valence-corrected chi connectivity index (χ1v) is 6.40. The standard InChI is InChI=1S/C15H11BN2O2/c19-16(20)13-8-6-9-5-7-12-14(15(9)18-13)10-3-1-2-4-11(10)17-12/h1-8,18-20H. The Kier molecular flexibility index (Phi) is 2.33. The lowest BCUT2D eigenvalue weighted by atomic mass is 9.85. The van der Waals surface area contributed by atoms with Crippen molar-refractivity contribution in [1.29, 1.82) is 0 Å². The van der Waals surface area contributed by atoms with Crippen molar-refractivity contribution in [1.82, 2.24) is 9.97 Å². The Balaban J connectivity index is 2.22. The van der Waals surface area contributed by atoms with Crippen molar-refractivity contribution in [3.8, 4) is 0 Å². The Morgan fingerprint density at radius 2 is 1.70 bits per heavy atom. The van der Waals surface area contributed by atoms with Crippen LogP contribution in [0.25, 0.3) is 32.7 Å².